The Hall–Kier alpha value is -1.59. The maximum atomic E-state index is 13.0. The standard InChI is InChI=1S/C18H29N3O3/c19-16(22)13-7-11-21(12-8-13)18(24)15-6-2-1-5-14(15)17(23)20-9-3-4-10-20/h13-15H,1-12H2,(H2,19,22). The van der Waals surface area contributed by atoms with Crippen LogP contribution in [-0.2, 0) is 14.4 Å². The zero-order valence-corrected chi connectivity index (χ0v) is 14.4. The highest BCUT2D eigenvalue weighted by Gasteiger charge is 2.40. The number of hydrogen-bond donors (Lipinski definition) is 1. The van der Waals surface area contributed by atoms with Crippen LogP contribution in [0.3, 0.4) is 0 Å². The molecule has 0 radical (unpaired) electrons. The van der Waals surface area contributed by atoms with Gasteiger partial charge in [0.2, 0.25) is 17.7 Å². The van der Waals surface area contributed by atoms with Gasteiger partial charge in [-0.25, -0.2) is 0 Å². The SMILES string of the molecule is NC(=O)C1CCN(C(=O)C2CCCCC2C(=O)N2CCCC2)CC1. The van der Waals surface area contributed by atoms with Gasteiger partial charge in [0.1, 0.15) is 0 Å². The molecule has 2 N–H and O–H groups in total. The van der Waals surface area contributed by atoms with Gasteiger partial charge in [-0.2, -0.15) is 0 Å². The second-order valence-corrected chi connectivity index (χ2v) is 7.53. The Labute approximate surface area is 143 Å². The number of carbonyl (C=O) groups excluding carboxylic acids is 3. The molecule has 2 atom stereocenters. The van der Waals surface area contributed by atoms with E-state index in [9.17, 15) is 14.4 Å². The first kappa shape index (κ1) is 17.2. The van der Waals surface area contributed by atoms with Crippen molar-refractivity contribution in [3.8, 4) is 0 Å². The molecule has 1 saturated carbocycles. The van der Waals surface area contributed by atoms with Crippen molar-refractivity contribution in [1.29, 1.82) is 0 Å². The van der Waals surface area contributed by atoms with Crippen LogP contribution in [0.1, 0.15) is 51.4 Å². The summed E-state index contributed by atoms with van der Waals surface area (Å²) in [5.74, 6) is -0.368. The zero-order valence-electron chi connectivity index (χ0n) is 14.4. The molecule has 0 aromatic heterocycles. The fourth-order valence-electron chi connectivity index (χ4n) is 4.51. The summed E-state index contributed by atoms with van der Waals surface area (Å²) >= 11 is 0. The van der Waals surface area contributed by atoms with Gasteiger partial charge in [-0.1, -0.05) is 12.8 Å². The molecule has 0 aromatic rings. The maximum absolute atomic E-state index is 13.0. The van der Waals surface area contributed by atoms with Crippen LogP contribution in [0.15, 0.2) is 0 Å². The molecule has 1 aliphatic carbocycles. The number of amides is 3. The molecule has 2 aliphatic heterocycles. The molecule has 3 amide bonds. The van der Waals surface area contributed by atoms with E-state index >= 15 is 0 Å². The number of hydrogen-bond acceptors (Lipinski definition) is 3. The van der Waals surface area contributed by atoms with Crippen molar-refractivity contribution >= 4 is 17.7 Å². The van der Waals surface area contributed by atoms with Gasteiger partial charge in [0, 0.05) is 43.9 Å². The summed E-state index contributed by atoms with van der Waals surface area (Å²) in [5, 5.41) is 0. The topological polar surface area (TPSA) is 83.7 Å². The summed E-state index contributed by atoms with van der Waals surface area (Å²) in [6.45, 7) is 2.88. The Morgan fingerprint density at radius 2 is 1.12 bits per heavy atom. The third kappa shape index (κ3) is 3.57. The quantitative estimate of drug-likeness (QED) is 0.839. The predicted octanol–water partition coefficient (Wildman–Crippen LogP) is 1.14. The van der Waals surface area contributed by atoms with Crippen LogP contribution in [0.25, 0.3) is 0 Å². The van der Waals surface area contributed by atoms with Crippen LogP contribution in [-0.4, -0.2) is 53.7 Å². The first-order valence-electron chi connectivity index (χ1n) is 9.45. The van der Waals surface area contributed by atoms with Gasteiger partial charge in [0.05, 0.1) is 0 Å². The minimum atomic E-state index is -0.262. The highest BCUT2D eigenvalue weighted by Crippen LogP contribution is 2.34. The first-order chi connectivity index (χ1) is 11.6. The van der Waals surface area contributed by atoms with E-state index in [0.717, 1.165) is 51.6 Å². The molecule has 3 fully saturated rings. The van der Waals surface area contributed by atoms with Crippen molar-refractivity contribution in [3.63, 3.8) is 0 Å². The van der Waals surface area contributed by atoms with Crippen LogP contribution >= 0.6 is 0 Å². The zero-order chi connectivity index (χ0) is 17.1. The number of piperidine rings is 1. The van der Waals surface area contributed by atoms with Crippen molar-refractivity contribution in [2.24, 2.45) is 23.5 Å². The minimum absolute atomic E-state index is 0.109. The van der Waals surface area contributed by atoms with E-state index in [1.54, 1.807) is 0 Å². The monoisotopic (exact) mass is 335 g/mol. The fraction of sp³-hybridized carbons (Fsp3) is 0.833. The van der Waals surface area contributed by atoms with Crippen LogP contribution in [0, 0.1) is 17.8 Å². The Bertz CT molecular complexity index is 494. The minimum Gasteiger partial charge on any atom is -0.369 e. The van der Waals surface area contributed by atoms with Crippen LogP contribution in [0.5, 0.6) is 0 Å². The highest BCUT2D eigenvalue weighted by molar-refractivity contribution is 5.88. The van der Waals surface area contributed by atoms with Crippen LogP contribution in [0.2, 0.25) is 0 Å². The molecule has 6 heteroatoms. The lowest BCUT2D eigenvalue weighted by Gasteiger charge is -2.38. The molecule has 0 bridgehead atoms. The number of nitrogens with zero attached hydrogens (tertiary/aromatic N) is 2. The Morgan fingerprint density at radius 1 is 0.667 bits per heavy atom. The average molecular weight is 335 g/mol. The maximum Gasteiger partial charge on any atom is 0.226 e. The van der Waals surface area contributed by atoms with E-state index in [1.165, 1.54) is 0 Å². The van der Waals surface area contributed by atoms with E-state index in [1.807, 2.05) is 9.80 Å². The number of rotatable bonds is 3. The Morgan fingerprint density at radius 3 is 1.58 bits per heavy atom. The predicted molar refractivity (Wildman–Crippen MR) is 89.8 cm³/mol. The van der Waals surface area contributed by atoms with Crippen molar-refractivity contribution in [2.75, 3.05) is 26.2 Å². The second kappa shape index (κ2) is 7.53. The van der Waals surface area contributed by atoms with Crippen molar-refractivity contribution < 1.29 is 14.4 Å². The fourth-order valence-corrected chi connectivity index (χ4v) is 4.51. The summed E-state index contributed by atoms with van der Waals surface area (Å²) in [5.41, 5.74) is 5.37. The average Bonchev–Trinajstić information content (AvgIpc) is 3.15. The van der Waals surface area contributed by atoms with Crippen molar-refractivity contribution in [3.05, 3.63) is 0 Å². The van der Waals surface area contributed by atoms with Gasteiger partial charge < -0.3 is 15.5 Å². The smallest absolute Gasteiger partial charge is 0.226 e. The first-order valence-corrected chi connectivity index (χ1v) is 9.45. The number of primary amides is 1. The lowest BCUT2D eigenvalue weighted by atomic mass is 9.77. The van der Waals surface area contributed by atoms with E-state index < -0.39 is 0 Å². The summed E-state index contributed by atoms with van der Waals surface area (Å²) in [4.78, 5) is 40.9. The van der Waals surface area contributed by atoms with Gasteiger partial charge in [0.25, 0.3) is 0 Å². The van der Waals surface area contributed by atoms with Crippen LogP contribution < -0.4 is 5.73 Å². The van der Waals surface area contributed by atoms with Gasteiger partial charge in [-0.3, -0.25) is 14.4 Å². The molecule has 134 valence electrons. The van der Waals surface area contributed by atoms with Gasteiger partial charge in [-0.15, -0.1) is 0 Å². The molecule has 3 rings (SSSR count). The lowest BCUT2D eigenvalue weighted by Crippen LogP contribution is -2.49. The largest absolute Gasteiger partial charge is 0.369 e. The Kier molecular flexibility index (Phi) is 5.41. The molecule has 2 saturated heterocycles. The third-order valence-electron chi connectivity index (χ3n) is 6.03. The summed E-state index contributed by atoms with van der Waals surface area (Å²) in [6.07, 6.45) is 7.19. The molecule has 2 heterocycles. The second-order valence-electron chi connectivity index (χ2n) is 7.53. The summed E-state index contributed by atoms with van der Waals surface area (Å²) in [6, 6.07) is 0. The van der Waals surface area contributed by atoms with Crippen molar-refractivity contribution in [2.45, 2.75) is 51.4 Å². The molecular formula is C18H29N3O3. The normalized spacial score (nSPS) is 28.8. The Balaban J connectivity index is 1.63. The molecule has 6 nitrogen and oxygen atoms in total. The molecule has 3 aliphatic rings. The molecule has 2 unspecified atom stereocenters. The van der Waals surface area contributed by atoms with Crippen molar-refractivity contribution in [1.82, 2.24) is 9.80 Å². The highest BCUT2D eigenvalue weighted by atomic mass is 16.2. The third-order valence-corrected chi connectivity index (χ3v) is 6.03. The van der Waals surface area contributed by atoms with E-state index in [-0.39, 0.29) is 35.5 Å². The molecular weight excluding hydrogens is 306 g/mol. The van der Waals surface area contributed by atoms with Crippen LogP contribution in [0.4, 0.5) is 0 Å². The number of carbonyl (C=O) groups is 3. The molecule has 0 aromatic carbocycles. The van der Waals surface area contributed by atoms with Gasteiger partial charge in [-0.05, 0) is 38.5 Å². The lowest BCUT2D eigenvalue weighted by molar-refractivity contribution is -0.148. The molecule has 0 spiro atoms. The van der Waals surface area contributed by atoms with Gasteiger partial charge in [0.15, 0.2) is 0 Å². The molecule has 24 heavy (non-hydrogen) atoms. The van der Waals surface area contributed by atoms with Gasteiger partial charge >= 0.3 is 0 Å². The number of nitrogens with two attached hydrogens (primary N) is 1. The summed E-state index contributed by atoms with van der Waals surface area (Å²) in [7, 11) is 0. The van der Waals surface area contributed by atoms with E-state index in [0.29, 0.717) is 25.9 Å². The summed E-state index contributed by atoms with van der Waals surface area (Å²) < 4.78 is 0. The van der Waals surface area contributed by atoms with E-state index in [4.69, 9.17) is 5.73 Å². The number of likely N-dealkylation sites (tertiary alicyclic amines) is 2. The van der Waals surface area contributed by atoms with E-state index in [2.05, 4.69) is 0 Å².